The maximum atomic E-state index is 5.97. The molecule has 136 valence electrons. The van der Waals surface area contributed by atoms with E-state index in [1.807, 2.05) is 30.3 Å². The zero-order valence-corrected chi connectivity index (χ0v) is 15.1. The lowest BCUT2D eigenvalue weighted by Gasteiger charge is -2.26. The Kier molecular flexibility index (Phi) is 4.75. The number of nitrogens with zero attached hydrogens (tertiary/aromatic N) is 3. The van der Waals surface area contributed by atoms with Crippen molar-refractivity contribution in [1.82, 2.24) is 14.9 Å². The molecule has 2 aromatic heterocycles. The number of oxazole rings is 1. The Morgan fingerprint density at radius 1 is 1.15 bits per heavy atom. The van der Waals surface area contributed by atoms with Crippen LogP contribution in [0, 0.1) is 0 Å². The standard InChI is InChI=1S/C20H23N3O3/c1-23-9-7-14(8-10-23)20-22-18-11-16(5-6-19(18)26-20)25-13-15-3-4-17(24-2)12-21-15/h3-6,11-12,14H,7-10,13H2,1-2H3. The molecule has 1 fully saturated rings. The first-order chi connectivity index (χ1) is 12.7. The van der Waals surface area contributed by atoms with Crippen molar-refractivity contribution in [2.45, 2.75) is 25.4 Å². The van der Waals surface area contributed by atoms with Crippen molar-refractivity contribution in [3.05, 3.63) is 48.1 Å². The number of methoxy groups -OCH3 is 1. The highest BCUT2D eigenvalue weighted by molar-refractivity contribution is 5.74. The number of benzene rings is 1. The Morgan fingerprint density at radius 3 is 2.69 bits per heavy atom. The minimum atomic E-state index is 0.398. The molecule has 3 aromatic rings. The van der Waals surface area contributed by atoms with Crippen LogP contribution in [0.2, 0.25) is 0 Å². The number of hydrogen-bond donors (Lipinski definition) is 0. The Balaban J connectivity index is 1.45. The molecule has 0 bridgehead atoms. The third-order valence-corrected chi connectivity index (χ3v) is 4.86. The average Bonchev–Trinajstić information content (AvgIpc) is 3.10. The van der Waals surface area contributed by atoms with Crippen molar-refractivity contribution in [2.24, 2.45) is 0 Å². The molecule has 6 nitrogen and oxygen atoms in total. The SMILES string of the molecule is COc1ccc(COc2ccc3oc(C4CCN(C)CC4)nc3c2)nc1. The number of fused-ring (bicyclic) bond motifs is 1. The van der Waals surface area contributed by atoms with E-state index >= 15 is 0 Å². The summed E-state index contributed by atoms with van der Waals surface area (Å²) in [7, 11) is 3.78. The second-order valence-corrected chi connectivity index (χ2v) is 6.74. The number of ether oxygens (including phenoxy) is 2. The van der Waals surface area contributed by atoms with E-state index in [-0.39, 0.29) is 0 Å². The first-order valence-electron chi connectivity index (χ1n) is 8.92. The van der Waals surface area contributed by atoms with E-state index in [1.165, 1.54) is 0 Å². The summed E-state index contributed by atoms with van der Waals surface area (Å²) in [6.07, 6.45) is 3.87. The van der Waals surface area contributed by atoms with Gasteiger partial charge in [-0.05, 0) is 57.2 Å². The van der Waals surface area contributed by atoms with Crippen molar-refractivity contribution in [3.63, 3.8) is 0 Å². The Labute approximate surface area is 152 Å². The first kappa shape index (κ1) is 16.8. The monoisotopic (exact) mass is 353 g/mol. The van der Waals surface area contributed by atoms with Gasteiger partial charge in [-0.15, -0.1) is 0 Å². The predicted molar refractivity (Wildman–Crippen MR) is 98.6 cm³/mol. The summed E-state index contributed by atoms with van der Waals surface area (Å²) >= 11 is 0. The maximum Gasteiger partial charge on any atom is 0.198 e. The third-order valence-electron chi connectivity index (χ3n) is 4.86. The van der Waals surface area contributed by atoms with Gasteiger partial charge in [0.25, 0.3) is 0 Å². The second-order valence-electron chi connectivity index (χ2n) is 6.74. The van der Waals surface area contributed by atoms with Gasteiger partial charge in [0.15, 0.2) is 11.5 Å². The molecule has 0 amide bonds. The molecule has 0 saturated carbocycles. The van der Waals surface area contributed by atoms with Crippen LogP contribution in [0.4, 0.5) is 0 Å². The molecule has 3 heterocycles. The molecule has 0 spiro atoms. The van der Waals surface area contributed by atoms with Gasteiger partial charge in [-0.1, -0.05) is 0 Å². The minimum absolute atomic E-state index is 0.398. The van der Waals surface area contributed by atoms with Crippen LogP contribution in [0.1, 0.15) is 30.3 Å². The molecule has 1 aromatic carbocycles. The Hall–Kier alpha value is -2.60. The van der Waals surface area contributed by atoms with E-state index < -0.39 is 0 Å². The number of likely N-dealkylation sites (tertiary alicyclic amines) is 1. The first-order valence-corrected chi connectivity index (χ1v) is 8.92. The largest absolute Gasteiger partial charge is 0.495 e. The van der Waals surface area contributed by atoms with Crippen LogP contribution in [0.5, 0.6) is 11.5 Å². The zero-order chi connectivity index (χ0) is 17.9. The van der Waals surface area contributed by atoms with E-state index in [2.05, 4.69) is 16.9 Å². The molecule has 0 atom stereocenters. The summed E-state index contributed by atoms with van der Waals surface area (Å²) in [5.41, 5.74) is 2.51. The fourth-order valence-electron chi connectivity index (χ4n) is 3.22. The summed E-state index contributed by atoms with van der Waals surface area (Å²) in [4.78, 5) is 11.4. The summed E-state index contributed by atoms with van der Waals surface area (Å²) in [5, 5.41) is 0. The topological polar surface area (TPSA) is 60.6 Å². The maximum absolute atomic E-state index is 5.97. The van der Waals surface area contributed by atoms with Crippen LogP contribution in [-0.4, -0.2) is 42.1 Å². The van der Waals surface area contributed by atoms with Crippen LogP contribution in [-0.2, 0) is 6.61 Å². The van der Waals surface area contributed by atoms with Gasteiger partial charge in [-0.25, -0.2) is 4.98 Å². The summed E-state index contributed by atoms with van der Waals surface area (Å²) in [6.45, 7) is 2.58. The molecule has 0 unspecified atom stereocenters. The van der Waals surface area contributed by atoms with Gasteiger partial charge >= 0.3 is 0 Å². The summed E-state index contributed by atoms with van der Waals surface area (Å²) in [6, 6.07) is 9.54. The van der Waals surface area contributed by atoms with Crippen LogP contribution >= 0.6 is 0 Å². The number of hydrogen-bond acceptors (Lipinski definition) is 6. The van der Waals surface area contributed by atoms with Crippen molar-refractivity contribution in [1.29, 1.82) is 0 Å². The van der Waals surface area contributed by atoms with Crippen LogP contribution in [0.3, 0.4) is 0 Å². The predicted octanol–water partition coefficient (Wildman–Crippen LogP) is 3.62. The normalized spacial score (nSPS) is 16.1. The lowest BCUT2D eigenvalue weighted by atomic mass is 9.97. The van der Waals surface area contributed by atoms with Gasteiger partial charge in [-0.3, -0.25) is 4.98 Å². The molecule has 0 N–H and O–H groups in total. The molecule has 6 heteroatoms. The molecule has 0 radical (unpaired) electrons. The molecule has 4 rings (SSSR count). The van der Waals surface area contributed by atoms with Gasteiger partial charge in [0.1, 0.15) is 23.6 Å². The fourth-order valence-corrected chi connectivity index (χ4v) is 3.22. The highest BCUT2D eigenvalue weighted by Gasteiger charge is 2.23. The lowest BCUT2D eigenvalue weighted by Crippen LogP contribution is -2.29. The van der Waals surface area contributed by atoms with E-state index in [0.717, 1.165) is 60.1 Å². The average molecular weight is 353 g/mol. The van der Waals surface area contributed by atoms with E-state index in [4.69, 9.17) is 18.9 Å². The van der Waals surface area contributed by atoms with Crippen molar-refractivity contribution >= 4 is 11.1 Å². The molecule has 1 saturated heterocycles. The highest BCUT2D eigenvalue weighted by Crippen LogP contribution is 2.30. The Bertz CT molecular complexity index is 868. The lowest BCUT2D eigenvalue weighted by molar-refractivity contribution is 0.239. The summed E-state index contributed by atoms with van der Waals surface area (Å²) < 4.78 is 16.9. The molecule has 26 heavy (non-hydrogen) atoms. The smallest absolute Gasteiger partial charge is 0.198 e. The van der Waals surface area contributed by atoms with Gasteiger partial charge in [0, 0.05) is 12.0 Å². The van der Waals surface area contributed by atoms with Crippen LogP contribution in [0.25, 0.3) is 11.1 Å². The van der Waals surface area contributed by atoms with Crippen molar-refractivity contribution < 1.29 is 13.9 Å². The zero-order valence-electron chi connectivity index (χ0n) is 15.1. The minimum Gasteiger partial charge on any atom is -0.495 e. The van der Waals surface area contributed by atoms with Gasteiger partial charge in [0.2, 0.25) is 0 Å². The highest BCUT2D eigenvalue weighted by atomic mass is 16.5. The fraction of sp³-hybridized carbons (Fsp3) is 0.400. The van der Waals surface area contributed by atoms with Crippen LogP contribution in [0.15, 0.2) is 40.9 Å². The van der Waals surface area contributed by atoms with Crippen molar-refractivity contribution in [3.8, 4) is 11.5 Å². The molecule has 1 aliphatic rings. The van der Waals surface area contributed by atoms with E-state index in [1.54, 1.807) is 13.3 Å². The number of aromatic nitrogens is 2. The second kappa shape index (κ2) is 7.33. The van der Waals surface area contributed by atoms with Gasteiger partial charge in [0.05, 0.1) is 19.0 Å². The molecular weight excluding hydrogens is 330 g/mol. The van der Waals surface area contributed by atoms with Gasteiger partial charge < -0.3 is 18.8 Å². The third kappa shape index (κ3) is 3.65. The van der Waals surface area contributed by atoms with Gasteiger partial charge in [-0.2, -0.15) is 0 Å². The number of pyridine rings is 1. The van der Waals surface area contributed by atoms with E-state index in [9.17, 15) is 0 Å². The van der Waals surface area contributed by atoms with E-state index in [0.29, 0.717) is 12.5 Å². The number of piperidine rings is 1. The van der Waals surface area contributed by atoms with Crippen LogP contribution < -0.4 is 9.47 Å². The van der Waals surface area contributed by atoms with Crippen molar-refractivity contribution in [2.75, 3.05) is 27.2 Å². The molecular formula is C20H23N3O3. The Morgan fingerprint density at radius 2 is 1.96 bits per heavy atom. The number of rotatable bonds is 5. The summed E-state index contributed by atoms with van der Waals surface area (Å²) in [5.74, 6) is 2.76. The molecule has 0 aliphatic carbocycles. The molecule has 1 aliphatic heterocycles. The quantitative estimate of drug-likeness (QED) is 0.698.